The molecule has 0 amide bonds. The summed E-state index contributed by atoms with van der Waals surface area (Å²) in [6.45, 7) is 5.78. The van der Waals surface area contributed by atoms with E-state index in [0.29, 0.717) is 0 Å². The van der Waals surface area contributed by atoms with Crippen LogP contribution in [0.2, 0.25) is 0 Å². The minimum atomic E-state index is 0.924. The lowest BCUT2D eigenvalue weighted by molar-refractivity contribution is 0.468. The Morgan fingerprint density at radius 1 is 1.25 bits per heavy atom. The zero-order valence-electron chi connectivity index (χ0n) is 5.60. The highest BCUT2D eigenvalue weighted by molar-refractivity contribution is 5.23. The van der Waals surface area contributed by atoms with Crippen LogP contribution in [0.15, 0.2) is 23.5 Å². The normalized spacial score (nSPS) is 14.4. The van der Waals surface area contributed by atoms with Gasteiger partial charge in [0.05, 0.1) is 6.26 Å². The van der Waals surface area contributed by atoms with Crippen LogP contribution >= 0.6 is 0 Å². The van der Waals surface area contributed by atoms with Crippen molar-refractivity contribution in [3.8, 4) is 0 Å². The van der Waals surface area contributed by atoms with Crippen LogP contribution in [0, 0.1) is 0 Å². The Hall–Kier alpha value is -0.720. The Labute approximate surface area is 50.3 Å². The molecule has 0 aromatic heterocycles. The summed E-state index contributed by atoms with van der Waals surface area (Å²) in [5.74, 6) is 0. The maximum absolute atomic E-state index is 8.43. The van der Waals surface area contributed by atoms with Gasteiger partial charge >= 0.3 is 0 Å². The standard InChI is InChI=1S/C7H12O/c1-4-6(2)7(3)5-8/h4-5,8H,1-3H3/b6-4+,7-5+. The molecule has 0 heterocycles. The Bertz CT molecular complexity index is 104. The fraction of sp³-hybridized carbons (Fsp3) is 0.429. The molecule has 0 bridgehead atoms. The summed E-state index contributed by atoms with van der Waals surface area (Å²) < 4.78 is 0. The van der Waals surface area contributed by atoms with E-state index in [1.807, 2.05) is 26.8 Å². The molecule has 0 aliphatic heterocycles. The first-order chi connectivity index (χ1) is 3.72. The van der Waals surface area contributed by atoms with Crippen LogP contribution in [0.25, 0.3) is 0 Å². The molecule has 0 spiro atoms. The van der Waals surface area contributed by atoms with E-state index in [9.17, 15) is 0 Å². The third kappa shape index (κ3) is 1.82. The van der Waals surface area contributed by atoms with Crippen LogP contribution in [-0.4, -0.2) is 5.11 Å². The number of aliphatic hydroxyl groups excluding tert-OH is 1. The van der Waals surface area contributed by atoms with Crippen molar-refractivity contribution in [2.24, 2.45) is 0 Å². The average molecular weight is 112 g/mol. The number of hydrogen-bond acceptors (Lipinski definition) is 1. The third-order valence-corrected chi connectivity index (χ3v) is 1.25. The summed E-state index contributed by atoms with van der Waals surface area (Å²) in [5.41, 5.74) is 2.04. The van der Waals surface area contributed by atoms with Crippen LogP contribution in [-0.2, 0) is 0 Å². The number of rotatable bonds is 1. The molecule has 0 atom stereocenters. The number of allylic oxidation sites excluding steroid dienone is 3. The third-order valence-electron chi connectivity index (χ3n) is 1.25. The van der Waals surface area contributed by atoms with E-state index in [1.165, 1.54) is 0 Å². The molecule has 0 rings (SSSR count). The Balaban J connectivity index is 4.04. The van der Waals surface area contributed by atoms with E-state index in [0.717, 1.165) is 17.4 Å². The maximum atomic E-state index is 8.43. The second-order valence-electron chi connectivity index (χ2n) is 1.78. The molecule has 0 radical (unpaired) electrons. The van der Waals surface area contributed by atoms with Crippen molar-refractivity contribution in [3.05, 3.63) is 23.5 Å². The fourth-order valence-electron chi connectivity index (χ4n) is 0.329. The molecule has 8 heavy (non-hydrogen) atoms. The minimum absolute atomic E-state index is 0.924. The van der Waals surface area contributed by atoms with Crippen LogP contribution < -0.4 is 0 Å². The van der Waals surface area contributed by atoms with Crippen LogP contribution in [0.3, 0.4) is 0 Å². The van der Waals surface area contributed by atoms with Crippen LogP contribution in [0.1, 0.15) is 20.8 Å². The molecule has 1 heteroatoms. The fourth-order valence-corrected chi connectivity index (χ4v) is 0.329. The minimum Gasteiger partial charge on any atom is -0.515 e. The summed E-state index contributed by atoms with van der Waals surface area (Å²) in [7, 11) is 0. The van der Waals surface area contributed by atoms with Crippen LogP contribution in [0.5, 0.6) is 0 Å². The van der Waals surface area contributed by atoms with Gasteiger partial charge in [0.15, 0.2) is 0 Å². The van der Waals surface area contributed by atoms with Gasteiger partial charge in [-0.1, -0.05) is 6.08 Å². The molecular formula is C7H12O. The molecule has 0 aromatic carbocycles. The lowest BCUT2D eigenvalue weighted by atomic mass is 10.1. The summed E-state index contributed by atoms with van der Waals surface area (Å²) in [5, 5.41) is 8.43. The number of aliphatic hydroxyl groups is 1. The Morgan fingerprint density at radius 2 is 1.75 bits per heavy atom. The summed E-state index contributed by atoms with van der Waals surface area (Å²) in [4.78, 5) is 0. The zero-order valence-corrected chi connectivity index (χ0v) is 5.60. The molecule has 0 saturated heterocycles. The molecule has 1 nitrogen and oxygen atoms in total. The van der Waals surface area contributed by atoms with Gasteiger partial charge in [-0.05, 0) is 31.9 Å². The molecule has 0 saturated carbocycles. The topological polar surface area (TPSA) is 20.2 Å². The van der Waals surface area contributed by atoms with Gasteiger partial charge in [-0.25, -0.2) is 0 Å². The first-order valence-corrected chi connectivity index (χ1v) is 2.66. The Kier molecular flexibility index (Phi) is 3.01. The first kappa shape index (κ1) is 7.28. The van der Waals surface area contributed by atoms with Crippen LogP contribution in [0.4, 0.5) is 0 Å². The molecule has 0 aliphatic rings. The van der Waals surface area contributed by atoms with Gasteiger partial charge in [0.1, 0.15) is 0 Å². The molecular weight excluding hydrogens is 100 g/mol. The van der Waals surface area contributed by atoms with Crippen molar-refractivity contribution in [2.75, 3.05) is 0 Å². The van der Waals surface area contributed by atoms with E-state index in [2.05, 4.69) is 0 Å². The van der Waals surface area contributed by atoms with Gasteiger partial charge in [-0.15, -0.1) is 0 Å². The molecule has 0 aromatic rings. The van der Waals surface area contributed by atoms with Gasteiger partial charge in [0.25, 0.3) is 0 Å². The second-order valence-corrected chi connectivity index (χ2v) is 1.78. The average Bonchev–Trinajstić information content (AvgIpc) is 1.84. The van der Waals surface area contributed by atoms with E-state index in [-0.39, 0.29) is 0 Å². The SMILES string of the molecule is C/C=C(C)/C(C)=C/O. The van der Waals surface area contributed by atoms with E-state index in [4.69, 9.17) is 5.11 Å². The summed E-state index contributed by atoms with van der Waals surface area (Å²) in [6.07, 6.45) is 3.08. The van der Waals surface area contributed by atoms with Gasteiger partial charge in [0, 0.05) is 0 Å². The molecule has 0 unspecified atom stereocenters. The second kappa shape index (κ2) is 3.30. The summed E-state index contributed by atoms with van der Waals surface area (Å²) >= 11 is 0. The zero-order chi connectivity index (χ0) is 6.57. The smallest absolute Gasteiger partial charge is 0.0823 e. The largest absolute Gasteiger partial charge is 0.515 e. The maximum Gasteiger partial charge on any atom is 0.0823 e. The predicted molar refractivity (Wildman–Crippen MR) is 35.8 cm³/mol. The van der Waals surface area contributed by atoms with Crippen molar-refractivity contribution in [1.82, 2.24) is 0 Å². The lowest BCUT2D eigenvalue weighted by Crippen LogP contribution is -1.75. The van der Waals surface area contributed by atoms with Gasteiger partial charge in [0.2, 0.25) is 0 Å². The first-order valence-electron chi connectivity index (χ1n) is 2.66. The molecule has 0 fully saturated rings. The monoisotopic (exact) mass is 112 g/mol. The highest BCUT2D eigenvalue weighted by Crippen LogP contribution is 2.04. The van der Waals surface area contributed by atoms with E-state index in [1.54, 1.807) is 0 Å². The van der Waals surface area contributed by atoms with E-state index < -0.39 is 0 Å². The summed E-state index contributed by atoms with van der Waals surface area (Å²) in [6, 6.07) is 0. The van der Waals surface area contributed by atoms with Gasteiger partial charge in [-0.2, -0.15) is 0 Å². The highest BCUT2D eigenvalue weighted by atomic mass is 16.2. The lowest BCUT2D eigenvalue weighted by Gasteiger charge is -1.94. The van der Waals surface area contributed by atoms with Gasteiger partial charge < -0.3 is 5.11 Å². The van der Waals surface area contributed by atoms with Crippen molar-refractivity contribution in [2.45, 2.75) is 20.8 Å². The predicted octanol–water partition coefficient (Wildman–Crippen LogP) is 2.41. The van der Waals surface area contributed by atoms with Crippen molar-refractivity contribution < 1.29 is 5.11 Å². The Morgan fingerprint density at radius 3 is 1.88 bits per heavy atom. The molecule has 0 aliphatic carbocycles. The van der Waals surface area contributed by atoms with Crippen molar-refractivity contribution in [3.63, 3.8) is 0 Å². The van der Waals surface area contributed by atoms with E-state index >= 15 is 0 Å². The van der Waals surface area contributed by atoms with Gasteiger partial charge in [-0.3, -0.25) is 0 Å². The highest BCUT2D eigenvalue weighted by Gasteiger charge is 1.86. The van der Waals surface area contributed by atoms with Crippen molar-refractivity contribution in [1.29, 1.82) is 0 Å². The quantitative estimate of drug-likeness (QED) is 0.408. The molecule has 46 valence electrons. The number of hydrogen-bond donors (Lipinski definition) is 1. The molecule has 1 N–H and O–H groups in total. The van der Waals surface area contributed by atoms with Crippen molar-refractivity contribution >= 4 is 0 Å².